The van der Waals surface area contributed by atoms with Gasteiger partial charge in [-0.25, -0.2) is 4.39 Å². The minimum Gasteiger partial charge on any atom is -0.375 e. The van der Waals surface area contributed by atoms with Crippen molar-refractivity contribution in [1.82, 2.24) is 0 Å². The highest BCUT2D eigenvalue weighted by Crippen LogP contribution is 2.44. The maximum atomic E-state index is 14.3. The molecule has 1 atom stereocenters. The minimum atomic E-state index is -2.04. The van der Waals surface area contributed by atoms with Crippen LogP contribution in [0.5, 0.6) is 0 Å². The summed E-state index contributed by atoms with van der Waals surface area (Å²) >= 11 is 9.44. The molecule has 0 bridgehead atoms. The zero-order valence-electron chi connectivity index (χ0n) is 15.6. The fourth-order valence-electron chi connectivity index (χ4n) is 3.65. The van der Waals surface area contributed by atoms with Crippen LogP contribution in [0.1, 0.15) is 27.9 Å². The Morgan fingerprint density at radius 2 is 1.77 bits per heavy atom. The van der Waals surface area contributed by atoms with Gasteiger partial charge in [-0.05, 0) is 30.3 Å². The number of Topliss-reactive ketones (excluding diaryl/α,β-unsaturated/α-hetero) is 1. The predicted molar refractivity (Wildman–Crippen MR) is 116 cm³/mol. The van der Waals surface area contributed by atoms with Gasteiger partial charge >= 0.3 is 0 Å². The Bertz CT molecular complexity index is 1130. The highest BCUT2D eigenvalue weighted by atomic mass is 79.9. The quantitative estimate of drug-likeness (QED) is 0.499. The SMILES string of the molecule is O=C(C[C@@]1(O)C(=O)N(Cc2c(F)cccc2Cl)c2ccccc21)c1ccc(Br)cc1. The van der Waals surface area contributed by atoms with Gasteiger partial charge in [0.05, 0.1) is 18.7 Å². The number of rotatable bonds is 5. The summed E-state index contributed by atoms with van der Waals surface area (Å²) in [6.45, 7) is -0.157. The van der Waals surface area contributed by atoms with Crippen LogP contribution in [0.2, 0.25) is 5.02 Å². The monoisotopic (exact) mass is 487 g/mol. The number of hydrogen-bond donors (Lipinski definition) is 1. The van der Waals surface area contributed by atoms with Crippen LogP contribution in [0, 0.1) is 5.82 Å². The molecule has 1 N–H and O–H groups in total. The zero-order valence-corrected chi connectivity index (χ0v) is 18.0. The van der Waals surface area contributed by atoms with Crippen LogP contribution < -0.4 is 4.90 Å². The normalized spacial score (nSPS) is 17.9. The van der Waals surface area contributed by atoms with Crippen molar-refractivity contribution in [3.8, 4) is 0 Å². The second-order valence-electron chi connectivity index (χ2n) is 7.08. The second kappa shape index (κ2) is 7.95. The summed E-state index contributed by atoms with van der Waals surface area (Å²) in [6.07, 6.45) is -0.425. The maximum Gasteiger partial charge on any atom is 0.264 e. The van der Waals surface area contributed by atoms with E-state index in [1.165, 1.54) is 23.1 Å². The lowest BCUT2D eigenvalue weighted by atomic mass is 9.88. The first-order valence-corrected chi connectivity index (χ1v) is 10.3. The third-order valence-electron chi connectivity index (χ3n) is 5.20. The van der Waals surface area contributed by atoms with Crippen molar-refractivity contribution < 1.29 is 19.1 Å². The molecule has 7 heteroatoms. The summed E-state index contributed by atoms with van der Waals surface area (Å²) in [7, 11) is 0. The number of anilines is 1. The van der Waals surface area contributed by atoms with E-state index in [0.717, 1.165) is 4.47 Å². The van der Waals surface area contributed by atoms with Crippen molar-refractivity contribution in [2.45, 2.75) is 18.6 Å². The summed E-state index contributed by atoms with van der Waals surface area (Å²) in [5.74, 6) is -1.61. The molecule has 0 saturated carbocycles. The molecule has 0 radical (unpaired) electrons. The highest BCUT2D eigenvalue weighted by molar-refractivity contribution is 9.10. The van der Waals surface area contributed by atoms with Gasteiger partial charge in [0.1, 0.15) is 5.82 Å². The van der Waals surface area contributed by atoms with Gasteiger partial charge in [0.15, 0.2) is 11.4 Å². The summed E-state index contributed by atoms with van der Waals surface area (Å²) < 4.78 is 15.1. The number of hydrogen-bond acceptors (Lipinski definition) is 3. The van der Waals surface area contributed by atoms with Crippen LogP contribution in [-0.2, 0) is 16.9 Å². The number of para-hydroxylation sites is 1. The second-order valence-corrected chi connectivity index (χ2v) is 8.40. The van der Waals surface area contributed by atoms with E-state index in [9.17, 15) is 19.1 Å². The van der Waals surface area contributed by atoms with Gasteiger partial charge in [-0.1, -0.05) is 63.9 Å². The number of nitrogens with zero attached hydrogens (tertiary/aromatic N) is 1. The third kappa shape index (κ3) is 3.55. The van der Waals surface area contributed by atoms with E-state index in [1.54, 1.807) is 48.5 Å². The molecule has 1 aliphatic heterocycles. The number of halogens is 3. The van der Waals surface area contributed by atoms with E-state index in [2.05, 4.69) is 15.9 Å². The molecule has 30 heavy (non-hydrogen) atoms. The number of benzene rings is 3. The lowest BCUT2D eigenvalue weighted by Crippen LogP contribution is -2.41. The number of fused-ring (bicyclic) bond motifs is 1. The molecule has 4 rings (SSSR count). The molecule has 3 aromatic rings. The Morgan fingerprint density at radius 1 is 1.07 bits per heavy atom. The van der Waals surface area contributed by atoms with Crippen LogP contribution in [0.4, 0.5) is 10.1 Å². The third-order valence-corrected chi connectivity index (χ3v) is 6.08. The molecule has 1 amide bonds. The van der Waals surface area contributed by atoms with Crippen molar-refractivity contribution >= 4 is 44.9 Å². The van der Waals surface area contributed by atoms with Crippen LogP contribution in [0.15, 0.2) is 71.2 Å². The largest absolute Gasteiger partial charge is 0.375 e. The van der Waals surface area contributed by atoms with E-state index < -0.39 is 23.7 Å². The average Bonchev–Trinajstić information content (AvgIpc) is 2.93. The molecular formula is C23H16BrClFNO3. The van der Waals surface area contributed by atoms with Crippen molar-refractivity contribution in [3.63, 3.8) is 0 Å². The molecule has 0 unspecified atom stereocenters. The summed E-state index contributed by atoms with van der Waals surface area (Å²) in [5, 5.41) is 11.5. The summed E-state index contributed by atoms with van der Waals surface area (Å²) in [6, 6.07) is 17.6. The lowest BCUT2D eigenvalue weighted by molar-refractivity contribution is -0.136. The Morgan fingerprint density at radius 3 is 2.47 bits per heavy atom. The number of carbonyl (C=O) groups excluding carboxylic acids is 2. The molecule has 1 aliphatic rings. The molecule has 0 saturated heterocycles. The number of ketones is 1. The van der Waals surface area contributed by atoms with Crippen molar-refractivity contribution in [2.24, 2.45) is 0 Å². The van der Waals surface area contributed by atoms with E-state index >= 15 is 0 Å². The maximum absolute atomic E-state index is 14.3. The Kier molecular flexibility index (Phi) is 5.49. The number of aliphatic hydroxyl groups is 1. The van der Waals surface area contributed by atoms with Crippen LogP contribution in [0.3, 0.4) is 0 Å². The molecule has 1 heterocycles. The van der Waals surface area contributed by atoms with Crippen molar-refractivity contribution in [2.75, 3.05) is 4.90 Å². The summed E-state index contributed by atoms with van der Waals surface area (Å²) in [5.41, 5.74) is -0.780. The van der Waals surface area contributed by atoms with E-state index in [1.807, 2.05) is 0 Å². The van der Waals surface area contributed by atoms with E-state index in [0.29, 0.717) is 16.8 Å². The Balaban J connectivity index is 1.70. The molecule has 0 spiro atoms. The van der Waals surface area contributed by atoms with Crippen LogP contribution in [0.25, 0.3) is 0 Å². The van der Waals surface area contributed by atoms with Crippen LogP contribution in [-0.4, -0.2) is 16.8 Å². The average molecular weight is 489 g/mol. The van der Waals surface area contributed by atoms with Gasteiger partial charge in [0, 0.05) is 26.2 Å². The van der Waals surface area contributed by atoms with Gasteiger partial charge in [-0.2, -0.15) is 0 Å². The fourth-order valence-corrected chi connectivity index (χ4v) is 4.13. The Hall–Kier alpha value is -2.54. The van der Waals surface area contributed by atoms with Gasteiger partial charge < -0.3 is 10.0 Å². The van der Waals surface area contributed by atoms with E-state index in [-0.39, 0.29) is 22.9 Å². The molecule has 4 nitrogen and oxygen atoms in total. The molecule has 152 valence electrons. The Labute approximate surface area is 186 Å². The highest BCUT2D eigenvalue weighted by Gasteiger charge is 2.51. The van der Waals surface area contributed by atoms with Crippen molar-refractivity contribution in [1.29, 1.82) is 0 Å². The predicted octanol–water partition coefficient (Wildman–Crippen LogP) is 5.25. The summed E-state index contributed by atoms with van der Waals surface area (Å²) in [4.78, 5) is 27.4. The molecular weight excluding hydrogens is 473 g/mol. The standard InChI is InChI=1S/C23H16BrClFNO3/c24-15-10-8-14(9-11-15)21(28)12-23(30)17-4-1-2-7-20(17)27(22(23)29)13-16-18(25)5-3-6-19(16)26/h1-11,30H,12-13H2/t23-/m0/s1. The molecule has 0 aliphatic carbocycles. The first kappa shape index (κ1) is 20.7. The van der Waals surface area contributed by atoms with E-state index in [4.69, 9.17) is 11.6 Å². The molecule has 3 aromatic carbocycles. The van der Waals surface area contributed by atoms with Gasteiger partial charge in [0.2, 0.25) is 0 Å². The van der Waals surface area contributed by atoms with Crippen LogP contribution >= 0.6 is 27.5 Å². The number of carbonyl (C=O) groups is 2. The number of amides is 1. The van der Waals surface area contributed by atoms with Crippen molar-refractivity contribution in [3.05, 3.63) is 98.7 Å². The smallest absolute Gasteiger partial charge is 0.264 e. The fraction of sp³-hybridized carbons (Fsp3) is 0.130. The first-order chi connectivity index (χ1) is 14.3. The lowest BCUT2D eigenvalue weighted by Gasteiger charge is -2.23. The minimum absolute atomic E-state index is 0.144. The van der Waals surface area contributed by atoms with Gasteiger partial charge in [-0.3, -0.25) is 9.59 Å². The van der Waals surface area contributed by atoms with Gasteiger partial charge in [0.25, 0.3) is 5.91 Å². The molecule has 0 fully saturated rings. The van der Waals surface area contributed by atoms with Gasteiger partial charge in [-0.15, -0.1) is 0 Å². The topological polar surface area (TPSA) is 57.6 Å². The molecule has 0 aromatic heterocycles. The zero-order chi connectivity index (χ0) is 21.5. The first-order valence-electron chi connectivity index (χ1n) is 9.17.